The molecule has 1 aliphatic carbocycles. The lowest BCUT2D eigenvalue weighted by atomic mass is 9.86. The van der Waals surface area contributed by atoms with Gasteiger partial charge in [0, 0.05) is 61.3 Å². The predicted molar refractivity (Wildman–Crippen MR) is 253 cm³/mol. The van der Waals surface area contributed by atoms with Gasteiger partial charge in [-0.1, -0.05) is 115 Å². The van der Waals surface area contributed by atoms with Crippen LogP contribution in [0.2, 0.25) is 0 Å². The second kappa shape index (κ2) is 13.7. The van der Waals surface area contributed by atoms with Gasteiger partial charge >= 0.3 is 0 Å². The molecular weight excluding hydrogens is 759 g/mol. The highest BCUT2D eigenvalue weighted by molar-refractivity contribution is 6.11. The van der Waals surface area contributed by atoms with Crippen LogP contribution in [0.3, 0.4) is 0 Å². The predicted octanol–water partition coefficient (Wildman–Crippen LogP) is 13.9. The first-order valence-electron chi connectivity index (χ1n) is 21.2. The summed E-state index contributed by atoms with van der Waals surface area (Å²) in [6.45, 7) is 0. The summed E-state index contributed by atoms with van der Waals surface area (Å²) in [6.07, 6.45) is 7.24. The number of hydrogen-bond donors (Lipinski definition) is 0. The number of rotatable bonds is 6. The van der Waals surface area contributed by atoms with E-state index in [1.165, 1.54) is 66.3 Å². The van der Waals surface area contributed by atoms with Gasteiger partial charge in [-0.25, -0.2) is 0 Å². The molecule has 2 unspecified atom stereocenters. The maximum Gasteiger partial charge on any atom is 0.248 e. The average molecular weight is 796 g/mol. The van der Waals surface area contributed by atoms with Crippen LogP contribution in [0, 0.1) is 0 Å². The molecule has 8 aromatic carbocycles. The van der Waals surface area contributed by atoms with Crippen LogP contribution >= 0.6 is 0 Å². The average Bonchev–Trinajstić information content (AvgIpc) is 4.12. The number of benzene rings is 8. The molecule has 3 aromatic heterocycles. The van der Waals surface area contributed by atoms with Crippen molar-refractivity contribution in [3.05, 3.63) is 223 Å². The topological polar surface area (TPSA) is 52.0 Å². The van der Waals surface area contributed by atoms with Crippen LogP contribution < -0.4 is 4.90 Å². The van der Waals surface area contributed by atoms with Crippen LogP contribution in [0.1, 0.15) is 17.0 Å². The number of para-hydroxylation sites is 4. The third kappa shape index (κ3) is 5.30. The Kier molecular flexibility index (Phi) is 7.63. The van der Waals surface area contributed by atoms with Crippen molar-refractivity contribution < 1.29 is 4.42 Å². The smallest absolute Gasteiger partial charge is 0.248 e. The standard InChI is InChI=1S/C56H37N5O/c1-3-13-36(14-4-1)55-57-58-56(62-55)37-23-27-41(28-24-37)60-49-20-10-7-17-43(49)46-33-38(25-30-52(46)60)39-26-31-53-47(34-39)44-18-8-12-22-51(44)61(53)42-29-32-54-48(35-42)45-19-9-11-21-50(45)59(54)40-15-5-2-6-16-40/h1-35,47,53H. The molecule has 0 spiro atoms. The van der Waals surface area contributed by atoms with Crippen molar-refractivity contribution in [2.75, 3.05) is 4.90 Å². The normalized spacial score (nSPS) is 15.7. The molecule has 13 rings (SSSR count). The fourth-order valence-corrected chi connectivity index (χ4v) is 10.0. The zero-order valence-corrected chi connectivity index (χ0v) is 33.5. The Bertz CT molecular complexity index is 3590. The number of allylic oxidation sites excluding steroid dienone is 2. The third-order valence-corrected chi connectivity index (χ3v) is 12.8. The zero-order chi connectivity index (χ0) is 40.7. The van der Waals surface area contributed by atoms with Crippen molar-refractivity contribution in [2.24, 2.45) is 0 Å². The van der Waals surface area contributed by atoms with Gasteiger partial charge in [-0.05, 0) is 114 Å². The van der Waals surface area contributed by atoms with E-state index in [1.54, 1.807) is 0 Å². The monoisotopic (exact) mass is 795 g/mol. The van der Waals surface area contributed by atoms with E-state index in [1.807, 2.05) is 30.3 Å². The van der Waals surface area contributed by atoms with E-state index >= 15 is 0 Å². The maximum absolute atomic E-state index is 6.07. The third-order valence-electron chi connectivity index (χ3n) is 12.8. The van der Waals surface area contributed by atoms with Gasteiger partial charge in [-0.15, -0.1) is 10.2 Å². The lowest BCUT2D eigenvalue weighted by Crippen LogP contribution is -2.28. The summed E-state index contributed by atoms with van der Waals surface area (Å²) in [4.78, 5) is 2.54. The SMILES string of the molecule is C1=CC2C(C=C1c1ccc3c(c1)c1ccccc1n3-c1ccc(-c3nnc(-c4ccccc4)o3)cc1)c1ccccc1N2c1ccc2c(c1)c1ccccc1n2-c1ccccc1. The second-order valence-corrected chi connectivity index (χ2v) is 16.2. The highest BCUT2D eigenvalue weighted by atomic mass is 16.4. The molecule has 62 heavy (non-hydrogen) atoms. The molecule has 0 bridgehead atoms. The molecular formula is C56H37N5O. The largest absolute Gasteiger partial charge is 0.416 e. The van der Waals surface area contributed by atoms with Crippen LogP contribution in [0.25, 0.3) is 83.5 Å². The van der Waals surface area contributed by atoms with E-state index in [2.05, 4.69) is 206 Å². The summed E-state index contributed by atoms with van der Waals surface area (Å²) in [7, 11) is 0. The number of fused-ring (bicyclic) bond motifs is 9. The molecule has 0 amide bonds. The Morgan fingerprint density at radius 1 is 0.419 bits per heavy atom. The molecule has 4 heterocycles. The zero-order valence-electron chi connectivity index (χ0n) is 33.5. The number of aromatic nitrogens is 4. The van der Waals surface area contributed by atoms with Crippen LogP contribution in [0.15, 0.2) is 217 Å². The fourth-order valence-electron chi connectivity index (χ4n) is 10.0. The van der Waals surface area contributed by atoms with Crippen LogP contribution in [-0.4, -0.2) is 25.4 Å². The van der Waals surface area contributed by atoms with Gasteiger partial charge < -0.3 is 18.5 Å². The summed E-state index contributed by atoms with van der Waals surface area (Å²) < 4.78 is 10.8. The van der Waals surface area contributed by atoms with E-state index in [9.17, 15) is 0 Å². The molecule has 11 aromatic rings. The van der Waals surface area contributed by atoms with Gasteiger partial charge in [0.15, 0.2) is 0 Å². The van der Waals surface area contributed by atoms with Crippen molar-refractivity contribution in [3.63, 3.8) is 0 Å². The fraction of sp³-hybridized carbons (Fsp3) is 0.0357. The van der Waals surface area contributed by atoms with Gasteiger partial charge in [0.2, 0.25) is 11.8 Å². The molecule has 0 saturated heterocycles. The van der Waals surface area contributed by atoms with Crippen LogP contribution in [-0.2, 0) is 0 Å². The van der Waals surface area contributed by atoms with Crippen molar-refractivity contribution in [1.29, 1.82) is 0 Å². The molecule has 0 fully saturated rings. The minimum Gasteiger partial charge on any atom is -0.416 e. The second-order valence-electron chi connectivity index (χ2n) is 16.2. The number of nitrogens with zero attached hydrogens (tertiary/aromatic N) is 5. The van der Waals surface area contributed by atoms with E-state index in [4.69, 9.17) is 4.42 Å². The van der Waals surface area contributed by atoms with Gasteiger partial charge in [0.1, 0.15) is 0 Å². The highest BCUT2D eigenvalue weighted by Crippen LogP contribution is 2.50. The van der Waals surface area contributed by atoms with Crippen LogP contribution in [0.5, 0.6) is 0 Å². The maximum atomic E-state index is 6.07. The Morgan fingerprint density at radius 2 is 0.952 bits per heavy atom. The first-order valence-corrected chi connectivity index (χ1v) is 21.2. The Morgan fingerprint density at radius 3 is 1.68 bits per heavy atom. The number of hydrogen-bond acceptors (Lipinski definition) is 4. The van der Waals surface area contributed by atoms with E-state index in [0.29, 0.717) is 11.8 Å². The molecule has 6 nitrogen and oxygen atoms in total. The summed E-state index contributed by atoms with van der Waals surface area (Å²) >= 11 is 0. The van der Waals surface area contributed by atoms with Crippen molar-refractivity contribution >= 4 is 60.6 Å². The van der Waals surface area contributed by atoms with Crippen molar-refractivity contribution in [2.45, 2.75) is 12.0 Å². The molecule has 6 heteroatoms. The summed E-state index contributed by atoms with van der Waals surface area (Å²) in [5.41, 5.74) is 15.0. The molecule has 0 radical (unpaired) electrons. The van der Waals surface area contributed by atoms with E-state index in [-0.39, 0.29) is 12.0 Å². The van der Waals surface area contributed by atoms with Gasteiger partial charge in [0.05, 0.1) is 28.1 Å². The Hall–Kier alpha value is -8.22. The Labute approximate surface area is 357 Å². The van der Waals surface area contributed by atoms with Crippen LogP contribution in [0.4, 0.5) is 11.4 Å². The highest BCUT2D eigenvalue weighted by Gasteiger charge is 2.38. The summed E-state index contributed by atoms with van der Waals surface area (Å²) in [5.74, 6) is 1.21. The minimum atomic E-state index is 0.154. The molecule has 2 atom stereocenters. The van der Waals surface area contributed by atoms with E-state index in [0.717, 1.165) is 27.8 Å². The molecule has 1 aliphatic heterocycles. The lowest BCUT2D eigenvalue weighted by molar-refractivity contribution is 0.584. The molecule has 2 aliphatic rings. The van der Waals surface area contributed by atoms with Crippen molar-refractivity contribution in [3.8, 4) is 34.3 Å². The molecule has 0 saturated carbocycles. The lowest BCUT2D eigenvalue weighted by Gasteiger charge is -2.30. The summed E-state index contributed by atoms with van der Waals surface area (Å²) in [6, 6.07) is 69.4. The number of anilines is 2. The van der Waals surface area contributed by atoms with Gasteiger partial charge in [-0.2, -0.15) is 0 Å². The van der Waals surface area contributed by atoms with Gasteiger partial charge in [-0.3, -0.25) is 0 Å². The van der Waals surface area contributed by atoms with Crippen molar-refractivity contribution in [1.82, 2.24) is 19.3 Å². The first-order chi connectivity index (χ1) is 30.7. The van der Waals surface area contributed by atoms with E-state index < -0.39 is 0 Å². The Balaban J connectivity index is 0.856. The minimum absolute atomic E-state index is 0.154. The van der Waals surface area contributed by atoms with Gasteiger partial charge in [0.25, 0.3) is 0 Å². The summed E-state index contributed by atoms with van der Waals surface area (Å²) in [5, 5.41) is 13.6. The molecule has 0 N–H and O–H groups in total. The quantitative estimate of drug-likeness (QED) is 0.168. The molecule has 292 valence electrons. The first kappa shape index (κ1) is 34.6.